The average molecular weight is 299 g/mol. The van der Waals surface area contributed by atoms with E-state index in [1.807, 2.05) is 0 Å². The molecule has 1 aliphatic carbocycles. The lowest BCUT2D eigenvalue weighted by atomic mass is 10.2. The molecule has 7 nitrogen and oxygen atoms in total. The molecule has 1 aromatic rings. The maximum atomic E-state index is 12.0. The lowest BCUT2D eigenvalue weighted by molar-refractivity contribution is -0.384. The van der Waals surface area contributed by atoms with E-state index in [0.717, 1.165) is 37.0 Å². The van der Waals surface area contributed by atoms with Crippen LogP contribution in [-0.4, -0.2) is 19.9 Å². The number of hydrogen-bond acceptors (Lipinski definition) is 5. The molecule has 1 aromatic carbocycles. The minimum atomic E-state index is -3.71. The van der Waals surface area contributed by atoms with E-state index in [1.54, 1.807) is 0 Å². The van der Waals surface area contributed by atoms with Crippen molar-refractivity contribution >= 4 is 21.4 Å². The molecule has 0 heterocycles. The van der Waals surface area contributed by atoms with E-state index in [2.05, 4.69) is 4.72 Å². The summed E-state index contributed by atoms with van der Waals surface area (Å²) in [5.74, 6) is 0.754. The molecule has 0 bridgehead atoms. The van der Waals surface area contributed by atoms with Gasteiger partial charge in [-0.25, -0.2) is 13.1 Å². The van der Waals surface area contributed by atoms with Gasteiger partial charge in [-0.2, -0.15) is 0 Å². The molecule has 8 heteroatoms. The Morgan fingerprint density at radius 2 is 2.10 bits per heavy atom. The van der Waals surface area contributed by atoms with E-state index < -0.39 is 14.9 Å². The molecule has 1 aliphatic rings. The van der Waals surface area contributed by atoms with Crippen LogP contribution in [0.3, 0.4) is 0 Å². The van der Waals surface area contributed by atoms with E-state index in [9.17, 15) is 18.5 Å². The third-order valence-electron chi connectivity index (χ3n) is 3.27. The average Bonchev–Trinajstić information content (AvgIpc) is 3.18. The van der Waals surface area contributed by atoms with Crippen LogP contribution in [0.15, 0.2) is 23.1 Å². The van der Waals surface area contributed by atoms with Crippen molar-refractivity contribution in [2.24, 2.45) is 5.92 Å². The summed E-state index contributed by atoms with van der Waals surface area (Å²) < 4.78 is 26.5. The minimum absolute atomic E-state index is 0.116. The lowest BCUT2D eigenvalue weighted by Crippen LogP contribution is -2.25. The second kappa shape index (κ2) is 5.76. The van der Waals surface area contributed by atoms with Crippen molar-refractivity contribution in [3.05, 3.63) is 28.3 Å². The van der Waals surface area contributed by atoms with E-state index in [1.165, 1.54) is 12.8 Å². The molecular weight excluding hydrogens is 282 g/mol. The second-order valence-electron chi connectivity index (χ2n) is 4.96. The van der Waals surface area contributed by atoms with E-state index in [0.29, 0.717) is 6.54 Å². The number of nitro benzene ring substituents is 1. The highest BCUT2D eigenvalue weighted by Crippen LogP contribution is 2.33. The van der Waals surface area contributed by atoms with Crippen LogP contribution < -0.4 is 10.5 Å². The van der Waals surface area contributed by atoms with Gasteiger partial charge in [-0.1, -0.05) is 12.8 Å². The predicted octanol–water partition coefficient (Wildman–Crippen LogP) is 1.65. The van der Waals surface area contributed by atoms with E-state index >= 15 is 0 Å². The molecule has 0 aromatic heterocycles. The molecule has 0 atom stereocenters. The molecular formula is C12H17N3O4S. The molecule has 2 rings (SSSR count). The van der Waals surface area contributed by atoms with Crippen molar-refractivity contribution in [3.8, 4) is 0 Å². The molecule has 1 saturated carbocycles. The van der Waals surface area contributed by atoms with Gasteiger partial charge >= 0.3 is 0 Å². The predicted molar refractivity (Wildman–Crippen MR) is 74.7 cm³/mol. The smallest absolute Gasteiger partial charge is 0.271 e. The van der Waals surface area contributed by atoms with Crippen molar-refractivity contribution in [2.75, 3.05) is 12.3 Å². The van der Waals surface area contributed by atoms with Crippen LogP contribution in [0.5, 0.6) is 0 Å². The minimum Gasteiger partial charge on any atom is -0.397 e. The molecule has 0 saturated heterocycles. The summed E-state index contributed by atoms with van der Waals surface area (Å²) in [6.45, 7) is 0.356. The molecule has 0 amide bonds. The van der Waals surface area contributed by atoms with Crippen LogP contribution >= 0.6 is 0 Å². The highest BCUT2D eigenvalue weighted by atomic mass is 32.2. The van der Waals surface area contributed by atoms with Crippen molar-refractivity contribution in [3.63, 3.8) is 0 Å². The Bertz CT molecular complexity index is 611. The van der Waals surface area contributed by atoms with Gasteiger partial charge < -0.3 is 5.73 Å². The number of rotatable bonds is 7. The number of nitrogen functional groups attached to an aromatic ring is 1. The van der Waals surface area contributed by atoms with Crippen molar-refractivity contribution in [1.82, 2.24) is 4.72 Å². The number of nitrogens with two attached hydrogens (primary N) is 1. The zero-order valence-electron chi connectivity index (χ0n) is 10.9. The summed E-state index contributed by atoms with van der Waals surface area (Å²) in [5.41, 5.74) is 5.24. The van der Waals surface area contributed by atoms with Gasteiger partial charge in [-0.05, 0) is 24.8 Å². The number of anilines is 1. The van der Waals surface area contributed by atoms with Crippen LogP contribution in [0, 0.1) is 16.0 Å². The summed E-state index contributed by atoms with van der Waals surface area (Å²) in [6, 6.07) is 3.35. The third kappa shape index (κ3) is 3.67. The Kier molecular flexibility index (Phi) is 4.24. The summed E-state index contributed by atoms with van der Waals surface area (Å²) in [5, 5.41) is 10.6. The zero-order valence-corrected chi connectivity index (χ0v) is 11.7. The van der Waals surface area contributed by atoms with Gasteiger partial charge in [0.2, 0.25) is 10.0 Å². The number of nitrogens with zero attached hydrogens (tertiary/aromatic N) is 1. The van der Waals surface area contributed by atoms with Gasteiger partial charge in [0.15, 0.2) is 0 Å². The molecule has 0 aliphatic heterocycles. The Morgan fingerprint density at radius 3 is 2.65 bits per heavy atom. The van der Waals surface area contributed by atoms with Gasteiger partial charge in [0.1, 0.15) is 4.90 Å². The quantitative estimate of drug-likeness (QED) is 0.344. The van der Waals surface area contributed by atoms with Crippen LogP contribution in [0.2, 0.25) is 0 Å². The fraction of sp³-hybridized carbons (Fsp3) is 0.500. The number of nitro groups is 1. The Hall–Kier alpha value is -1.67. The molecule has 0 spiro atoms. The van der Waals surface area contributed by atoms with Gasteiger partial charge in [0, 0.05) is 18.7 Å². The number of hydrogen-bond donors (Lipinski definition) is 2. The van der Waals surface area contributed by atoms with E-state index in [4.69, 9.17) is 5.73 Å². The number of non-ortho nitro benzene ring substituents is 1. The van der Waals surface area contributed by atoms with Crippen molar-refractivity contribution in [1.29, 1.82) is 0 Å². The maximum Gasteiger partial charge on any atom is 0.271 e. The van der Waals surface area contributed by atoms with Gasteiger partial charge in [-0.3, -0.25) is 10.1 Å². The molecule has 110 valence electrons. The van der Waals surface area contributed by atoms with Crippen LogP contribution in [-0.2, 0) is 10.0 Å². The summed E-state index contributed by atoms with van der Waals surface area (Å²) >= 11 is 0. The summed E-state index contributed by atoms with van der Waals surface area (Å²) in [6.07, 6.45) is 4.29. The Morgan fingerprint density at radius 1 is 1.40 bits per heavy atom. The Labute approximate surface area is 117 Å². The molecule has 0 unspecified atom stereocenters. The first-order valence-electron chi connectivity index (χ1n) is 6.44. The fourth-order valence-corrected chi connectivity index (χ4v) is 3.16. The van der Waals surface area contributed by atoms with Crippen molar-refractivity contribution < 1.29 is 13.3 Å². The van der Waals surface area contributed by atoms with Gasteiger partial charge in [0.05, 0.1) is 10.6 Å². The molecule has 3 N–H and O–H groups in total. The first-order chi connectivity index (χ1) is 9.40. The normalized spacial score (nSPS) is 15.2. The maximum absolute atomic E-state index is 12.0. The molecule has 0 radical (unpaired) electrons. The zero-order chi connectivity index (χ0) is 14.8. The van der Waals surface area contributed by atoms with Gasteiger partial charge in [-0.15, -0.1) is 0 Å². The number of benzene rings is 1. The van der Waals surface area contributed by atoms with Crippen LogP contribution in [0.25, 0.3) is 0 Å². The highest BCUT2D eigenvalue weighted by molar-refractivity contribution is 7.89. The number of nitrogens with one attached hydrogen (secondary N) is 1. The van der Waals surface area contributed by atoms with Crippen LogP contribution in [0.1, 0.15) is 25.7 Å². The third-order valence-corrected chi connectivity index (χ3v) is 4.81. The van der Waals surface area contributed by atoms with Crippen molar-refractivity contribution in [2.45, 2.75) is 30.6 Å². The number of sulfonamides is 1. The first kappa shape index (κ1) is 14.7. The standard InChI is InChI=1S/C12H17N3O4S/c13-11-8-10(15(16)17)5-6-12(11)20(18,19)14-7-1-2-9-3-4-9/h5-6,8-9,14H,1-4,7,13H2. The highest BCUT2D eigenvalue weighted by Gasteiger charge is 2.22. The summed E-state index contributed by atoms with van der Waals surface area (Å²) in [7, 11) is -3.71. The monoisotopic (exact) mass is 299 g/mol. The van der Waals surface area contributed by atoms with Gasteiger partial charge in [0.25, 0.3) is 5.69 Å². The first-order valence-corrected chi connectivity index (χ1v) is 7.92. The lowest BCUT2D eigenvalue weighted by Gasteiger charge is -2.08. The topological polar surface area (TPSA) is 115 Å². The van der Waals surface area contributed by atoms with Crippen LogP contribution in [0.4, 0.5) is 11.4 Å². The summed E-state index contributed by atoms with van der Waals surface area (Å²) in [4.78, 5) is 9.85. The van der Waals surface area contributed by atoms with E-state index in [-0.39, 0.29) is 16.3 Å². The molecule has 20 heavy (non-hydrogen) atoms. The fourth-order valence-electron chi connectivity index (χ4n) is 1.98. The second-order valence-corrected chi connectivity index (χ2v) is 6.70. The molecule has 1 fully saturated rings. The Balaban J connectivity index is 2.02. The largest absolute Gasteiger partial charge is 0.397 e. The SMILES string of the molecule is Nc1cc([N+](=O)[O-])ccc1S(=O)(=O)NCCCC1CC1.